The summed E-state index contributed by atoms with van der Waals surface area (Å²) in [5.41, 5.74) is 2.91. The van der Waals surface area contributed by atoms with Gasteiger partial charge in [0.05, 0.1) is 26.1 Å². The lowest BCUT2D eigenvalue weighted by Crippen LogP contribution is -2.51. The lowest BCUT2D eigenvalue weighted by Gasteiger charge is -2.46. The van der Waals surface area contributed by atoms with Gasteiger partial charge in [-0.05, 0) is 36.8 Å². The predicted octanol–water partition coefficient (Wildman–Crippen LogP) is 5.02. The Labute approximate surface area is 163 Å². The Morgan fingerprint density at radius 3 is 2.11 bits per heavy atom. The van der Waals surface area contributed by atoms with Gasteiger partial charge in [0, 0.05) is 24.2 Å². The van der Waals surface area contributed by atoms with Crippen LogP contribution in [-0.2, 0) is 28.9 Å². The molecule has 0 aliphatic carbocycles. The minimum absolute atomic E-state index is 0.153. The van der Waals surface area contributed by atoms with Gasteiger partial charge in [0.15, 0.2) is 5.79 Å². The van der Waals surface area contributed by atoms with Crippen LogP contribution in [0, 0.1) is 5.41 Å². The van der Waals surface area contributed by atoms with Gasteiger partial charge in [-0.15, -0.1) is 0 Å². The molecule has 148 valence electrons. The normalized spacial score (nSPS) is 18.5. The maximum Gasteiger partial charge on any atom is 0.186 e. The number of aryl methyl sites for hydroxylation is 2. The molecule has 0 atom stereocenters. The number of rotatable bonds is 9. The van der Waals surface area contributed by atoms with E-state index in [-0.39, 0.29) is 5.41 Å². The van der Waals surface area contributed by atoms with Gasteiger partial charge in [-0.25, -0.2) is 4.98 Å². The van der Waals surface area contributed by atoms with Crippen LogP contribution in [0.4, 0.5) is 0 Å². The fourth-order valence-electron chi connectivity index (χ4n) is 3.78. The summed E-state index contributed by atoms with van der Waals surface area (Å²) in [6.45, 7) is 8.91. The summed E-state index contributed by atoms with van der Waals surface area (Å²) < 4.78 is 15.0. The molecule has 1 fully saturated rings. The summed E-state index contributed by atoms with van der Waals surface area (Å²) in [7, 11) is 0. The SMILES string of the molecule is CCCc1ccc(CCC2(Cn3ccnc3)OCC(CC)(CC)CO2)cc1. The number of imidazole rings is 1. The summed E-state index contributed by atoms with van der Waals surface area (Å²) in [4.78, 5) is 4.18. The topological polar surface area (TPSA) is 36.3 Å². The molecule has 1 aromatic heterocycles. The highest BCUT2D eigenvalue weighted by molar-refractivity contribution is 5.22. The number of aromatic nitrogens is 2. The van der Waals surface area contributed by atoms with Crippen molar-refractivity contribution in [2.45, 2.75) is 71.6 Å². The Kier molecular flexibility index (Phi) is 6.72. The van der Waals surface area contributed by atoms with Crippen molar-refractivity contribution in [1.82, 2.24) is 9.55 Å². The van der Waals surface area contributed by atoms with E-state index in [1.165, 1.54) is 17.5 Å². The predicted molar refractivity (Wildman–Crippen MR) is 109 cm³/mol. The molecule has 2 heterocycles. The van der Waals surface area contributed by atoms with E-state index < -0.39 is 5.79 Å². The van der Waals surface area contributed by atoms with Crippen molar-refractivity contribution in [2.24, 2.45) is 5.41 Å². The van der Waals surface area contributed by atoms with Crippen molar-refractivity contribution in [3.8, 4) is 0 Å². The summed E-state index contributed by atoms with van der Waals surface area (Å²) in [5.74, 6) is -0.573. The molecule has 0 bridgehead atoms. The van der Waals surface area contributed by atoms with Crippen molar-refractivity contribution in [1.29, 1.82) is 0 Å². The van der Waals surface area contributed by atoms with E-state index in [0.29, 0.717) is 6.54 Å². The van der Waals surface area contributed by atoms with Crippen LogP contribution < -0.4 is 0 Å². The van der Waals surface area contributed by atoms with Gasteiger partial charge in [-0.1, -0.05) is 51.5 Å². The van der Waals surface area contributed by atoms with Crippen LogP contribution >= 0.6 is 0 Å². The monoisotopic (exact) mass is 370 g/mol. The molecule has 0 amide bonds. The zero-order valence-corrected chi connectivity index (χ0v) is 17.1. The van der Waals surface area contributed by atoms with Crippen LogP contribution in [0.25, 0.3) is 0 Å². The molecule has 0 unspecified atom stereocenters. The third-order valence-electron chi connectivity index (χ3n) is 6.12. The fourth-order valence-corrected chi connectivity index (χ4v) is 3.78. The molecule has 4 heteroatoms. The van der Waals surface area contributed by atoms with Crippen molar-refractivity contribution in [3.63, 3.8) is 0 Å². The van der Waals surface area contributed by atoms with Crippen LogP contribution in [0.15, 0.2) is 43.0 Å². The molecular weight excluding hydrogens is 336 g/mol. The maximum atomic E-state index is 6.45. The first kappa shape index (κ1) is 20.1. The molecule has 0 N–H and O–H groups in total. The molecule has 1 aliphatic heterocycles. The van der Waals surface area contributed by atoms with Gasteiger partial charge in [-0.3, -0.25) is 0 Å². The van der Waals surface area contributed by atoms with Gasteiger partial charge in [0.2, 0.25) is 0 Å². The zero-order chi connectivity index (χ0) is 19.2. The molecule has 1 aromatic carbocycles. The first-order chi connectivity index (χ1) is 13.1. The van der Waals surface area contributed by atoms with E-state index in [9.17, 15) is 0 Å². The minimum Gasteiger partial charge on any atom is -0.347 e. The molecule has 0 saturated carbocycles. The fraction of sp³-hybridized carbons (Fsp3) is 0.609. The van der Waals surface area contributed by atoms with E-state index in [0.717, 1.165) is 45.3 Å². The van der Waals surface area contributed by atoms with E-state index >= 15 is 0 Å². The van der Waals surface area contributed by atoms with E-state index in [1.54, 1.807) is 0 Å². The molecule has 3 rings (SSSR count). The van der Waals surface area contributed by atoms with Crippen molar-refractivity contribution in [2.75, 3.05) is 13.2 Å². The van der Waals surface area contributed by atoms with E-state index in [1.807, 2.05) is 18.7 Å². The first-order valence-electron chi connectivity index (χ1n) is 10.4. The number of hydrogen-bond acceptors (Lipinski definition) is 3. The van der Waals surface area contributed by atoms with Gasteiger partial charge in [0.25, 0.3) is 0 Å². The number of nitrogens with zero attached hydrogens (tertiary/aromatic N) is 2. The van der Waals surface area contributed by atoms with E-state index in [2.05, 4.69) is 54.6 Å². The average Bonchev–Trinajstić information content (AvgIpc) is 3.22. The standard InChI is InChI=1S/C23H34N2O2/c1-4-7-20-8-10-21(11-9-20)12-13-23(16-25-15-14-24-19-25)26-17-22(5-2,6-3)18-27-23/h8-11,14-15,19H,4-7,12-13,16-18H2,1-3H3. The molecule has 4 nitrogen and oxygen atoms in total. The lowest BCUT2D eigenvalue weighted by atomic mass is 9.83. The van der Waals surface area contributed by atoms with E-state index in [4.69, 9.17) is 9.47 Å². The first-order valence-corrected chi connectivity index (χ1v) is 10.4. The lowest BCUT2D eigenvalue weighted by molar-refractivity contribution is -0.313. The second kappa shape index (κ2) is 9.03. The third-order valence-corrected chi connectivity index (χ3v) is 6.12. The van der Waals surface area contributed by atoms with Crippen LogP contribution in [0.5, 0.6) is 0 Å². The molecule has 0 radical (unpaired) electrons. The van der Waals surface area contributed by atoms with Gasteiger partial charge >= 0.3 is 0 Å². The third kappa shape index (κ3) is 4.99. The smallest absolute Gasteiger partial charge is 0.186 e. The summed E-state index contributed by atoms with van der Waals surface area (Å²) in [6.07, 6.45) is 11.9. The summed E-state index contributed by atoms with van der Waals surface area (Å²) in [6, 6.07) is 9.01. The number of hydrogen-bond donors (Lipinski definition) is 0. The van der Waals surface area contributed by atoms with Crippen LogP contribution in [0.2, 0.25) is 0 Å². The zero-order valence-electron chi connectivity index (χ0n) is 17.1. The van der Waals surface area contributed by atoms with Crippen LogP contribution in [0.1, 0.15) is 57.6 Å². The quantitative estimate of drug-likeness (QED) is 0.622. The van der Waals surface area contributed by atoms with Crippen molar-refractivity contribution >= 4 is 0 Å². The van der Waals surface area contributed by atoms with Crippen molar-refractivity contribution < 1.29 is 9.47 Å². The van der Waals surface area contributed by atoms with Crippen LogP contribution in [-0.4, -0.2) is 28.6 Å². The number of ether oxygens (including phenoxy) is 2. The molecule has 1 saturated heterocycles. The Morgan fingerprint density at radius 2 is 1.59 bits per heavy atom. The summed E-state index contributed by atoms with van der Waals surface area (Å²) >= 11 is 0. The second-order valence-electron chi connectivity index (χ2n) is 8.00. The Hall–Kier alpha value is -1.65. The van der Waals surface area contributed by atoms with Crippen LogP contribution in [0.3, 0.4) is 0 Å². The van der Waals surface area contributed by atoms with Gasteiger partial charge in [0.1, 0.15) is 0 Å². The average molecular weight is 371 g/mol. The summed E-state index contributed by atoms with van der Waals surface area (Å²) in [5, 5.41) is 0. The van der Waals surface area contributed by atoms with Gasteiger partial charge < -0.3 is 14.0 Å². The maximum absolute atomic E-state index is 6.45. The highest BCUT2D eigenvalue weighted by Crippen LogP contribution is 2.38. The second-order valence-corrected chi connectivity index (χ2v) is 8.00. The van der Waals surface area contributed by atoms with Crippen molar-refractivity contribution in [3.05, 3.63) is 54.1 Å². The Morgan fingerprint density at radius 1 is 0.963 bits per heavy atom. The minimum atomic E-state index is -0.573. The highest BCUT2D eigenvalue weighted by Gasteiger charge is 2.43. The van der Waals surface area contributed by atoms with Gasteiger partial charge in [-0.2, -0.15) is 0 Å². The molecule has 27 heavy (non-hydrogen) atoms. The molecular formula is C23H34N2O2. The number of benzene rings is 1. The molecule has 0 spiro atoms. The molecule has 2 aromatic rings. The Bertz CT molecular complexity index is 665. The Balaban J connectivity index is 1.69. The molecule has 1 aliphatic rings. The largest absolute Gasteiger partial charge is 0.347 e. The highest BCUT2D eigenvalue weighted by atomic mass is 16.7.